The number of rotatable bonds is 10. The Morgan fingerprint density at radius 2 is 1.43 bits per heavy atom. The summed E-state index contributed by atoms with van der Waals surface area (Å²) in [4.78, 5) is 25.8. The molecule has 0 fully saturated rings. The minimum Gasteiger partial charge on any atom is -0.330 e. The fourth-order valence-electron chi connectivity index (χ4n) is 2.96. The normalized spacial score (nSPS) is 21.0. The van der Waals surface area contributed by atoms with Crippen molar-refractivity contribution in [1.82, 2.24) is 4.90 Å². The maximum atomic E-state index is 12.1. The minimum absolute atomic E-state index is 0.0204. The quantitative estimate of drug-likeness (QED) is 0.343. The van der Waals surface area contributed by atoms with Crippen molar-refractivity contribution in [2.24, 2.45) is 0 Å². The zero-order chi connectivity index (χ0) is 15.7. The molecule has 1 rings (SSSR count). The first kappa shape index (κ1) is 17.9. The van der Waals surface area contributed by atoms with Crippen molar-refractivity contribution < 1.29 is 9.59 Å². The van der Waals surface area contributed by atoms with Gasteiger partial charge in [0.1, 0.15) is 5.78 Å². The van der Waals surface area contributed by atoms with Gasteiger partial charge >= 0.3 is 0 Å². The summed E-state index contributed by atoms with van der Waals surface area (Å²) in [6.07, 6.45) is 13.1. The lowest BCUT2D eigenvalue weighted by molar-refractivity contribution is -0.136. The highest BCUT2D eigenvalue weighted by Gasteiger charge is 2.27. The van der Waals surface area contributed by atoms with Crippen LogP contribution in [-0.4, -0.2) is 28.7 Å². The summed E-state index contributed by atoms with van der Waals surface area (Å²) < 4.78 is 0. The van der Waals surface area contributed by atoms with E-state index < -0.39 is 0 Å². The third-order valence-electron chi connectivity index (χ3n) is 4.24. The molecule has 0 N–H and O–H groups in total. The summed E-state index contributed by atoms with van der Waals surface area (Å²) in [7, 11) is 0. The third-order valence-corrected chi connectivity index (χ3v) is 4.24. The van der Waals surface area contributed by atoms with E-state index in [4.69, 9.17) is 0 Å². The van der Waals surface area contributed by atoms with Gasteiger partial charge in [-0.15, -0.1) is 0 Å². The van der Waals surface area contributed by atoms with E-state index in [-0.39, 0.29) is 30.2 Å². The highest BCUT2D eigenvalue weighted by molar-refractivity contribution is 5.98. The molecule has 1 amide bonds. The number of carbonyl (C=O) groups is 2. The largest absolute Gasteiger partial charge is 0.330 e. The van der Waals surface area contributed by atoms with Crippen LogP contribution in [0.3, 0.4) is 0 Å². The number of amides is 1. The summed E-state index contributed by atoms with van der Waals surface area (Å²) in [5.74, 6) is 0.0767. The highest BCUT2D eigenvalue weighted by Crippen LogP contribution is 2.18. The summed E-state index contributed by atoms with van der Waals surface area (Å²) in [6.45, 7) is 6.21. The number of hydrogen-bond acceptors (Lipinski definition) is 2. The minimum atomic E-state index is -0.0204. The van der Waals surface area contributed by atoms with Gasteiger partial charge in [0, 0.05) is 18.5 Å². The second kappa shape index (κ2) is 9.75. The zero-order valence-corrected chi connectivity index (χ0v) is 13.9. The fraction of sp³-hybridized carbons (Fsp3) is 0.778. The lowest BCUT2D eigenvalue weighted by Crippen LogP contribution is -2.40. The molecule has 0 bridgehead atoms. The van der Waals surface area contributed by atoms with Gasteiger partial charge in [-0.1, -0.05) is 57.6 Å². The van der Waals surface area contributed by atoms with Gasteiger partial charge in [-0.3, -0.25) is 9.59 Å². The second-order valence-corrected chi connectivity index (χ2v) is 6.25. The van der Waals surface area contributed by atoms with Crippen LogP contribution in [0.15, 0.2) is 12.2 Å². The Hall–Kier alpha value is -1.12. The van der Waals surface area contributed by atoms with Crippen LogP contribution in [0.1, 0.15) is 78.6 Å². The Labute approximate surface area is 129 Å². The van der Waals surface area contributed by atoms with Gasteiger partial charge in [0.05, 0.1) is 6.42 Å². The van der Waals surface area contributed by atoms with Gasteiger partial charge in [0.15, 0.2) is 0 Å². The summed E-state index contributed by atoms with van der Waals surface area (Å²) in [5.41, 5.74) is 0. The predicted octanol–water partition coefficient (Wildman–Crippen LogP) is 4.26. The standard InChI is InChI=1S/C18H31NO2/c1-4-5-6-7-8-9-10-11-17(20)14-18(21)19-15(2)12-13-16(19)3/h12-13,15-16H,4-11,14H2,1-3H3. The molecule has 0 spiro atoms. The van der Waals surface area contributed by atoms with Crippen molar-refractivity contribution in [3.8, 4) is 0 Å². The van der Waals surface area contributed by atoms with E-state index in [1.54, 1.807) is 0 Å². The molecular formula is C18H31NO2. The molecule has 0 saturated heterocycles. The zero-order valence-electron chi connectivity index (χ0n) is 13.9. The summed E-state index contributed by atoms with van der Waals surface area (Å²) in [5, 5.41) is 0. The molecule has 120 valence electrons. The fourth-order valence-corrected chi connectivity index (χ4v) is 2.96. The second-order valence-electron chi connectivity index (χ2n) is 6.25. The first-order valence-corrected chi connectivity index (χ1v) is 8.57. The number of unbranched alkanes of at least 4 members (excludes halogenated alkanes) is 6. The molecule has 21 heavy (non-hydrogen) atoms. The SMILES string of the molecule is CCCCCCCCCC(=O)CC(=O)N1C(C)C=CC1C. The van der Waals surface area contributed by atoms with Crippen LogP contribution in [0.5, 0.6) is 0 Å². The average Bonchev–Trinajstić information content (AvgIpc) is 2.77. The van der Waals surface area contributed by atoms with E-state index in [9.17, 15) is 9.59 Å². The van der Waals surface area contributed by atoms with Crippen LogP contribution in [0.4, 0.5) is 0 Å². The molecule has 3 heteroatoms. The molecule has 0 aliphatic carbocycles. The number of Topliss-reactive ketones (excluding diaryl/α,β-unsaturated/α-hetero) is 1. The summed E-state index contributed by atoms with van der Waals surface area (Å²) >= 11 is 0. The number of nitrogens with zero attached hydrogens (tertiary/aromatic N) is 1. The molecule has 2 atom stereocenters. The summed E-state index contributed by atoms with van der Waals surface area (Å²) in [6, 6.07) is 0.248. The smallest absolute Gasteiger partial charge is 0.230 e. The van der Waals surface area contributed by atoms with E-state index in [1.807, 2.05) is 30.9 Å². The van der Waals surface area contributed by atoms with Crippen molar-refractivity contribution in [3.63, 3.8) is 0 Å². The Morgan fingerprint density at radius 1 is 0.905 bits per heavy atom. The van der Waals surface area contributed by atoms with E-state index in [1.165, 1.54) is 32.1 Å². The number of carbonyl (C=O) groups excluding carboxylic acids is 2. The number of hydrogen-bond donors (Lipinski definition) is 0. The van der Waals surface area contributed by atoms with Crippen LogP contribution in [0.25, 0.3) is 0 Å². The van der Waals surface area contributed by atoms with Gasteiger partial charge in [-0.05, 0) is 20.3 Å². The third kappa shape index (κ3) is 6.45. The van der Waals surface area contributed by atoms with Gasteiger partial charge in [-0.2, -0.15) is 0 Å². The molecule has 0 aromatic heterocycles. The molecule has 2 unspecified atom stereocenters. The van der Waals surface area contributed by atoms with Crippen molar-refractivity contribution in [1.29, 1.82) is 0 Å². The molecule has 3 nitrogen and oxygen atoms in total. The Bertz CT molecular complexity index is 350. The van der Waals surface area contributed by atoms with Crippen molar-refractivity contribution >= 4 is 11.7 Å². The van der Waals surface area contributed by atoms with Crippen molar-refractivity contribution in [2.45, 2.75) is 90.6 Å². The van der Waals surface area contributed by atoms with Crippen LogP contribution >= 0.6 is 0 Å². The lowest BCUT2D eigenvalue weighted by atomic mass is 10.1. The predicted molar refractivity (Wildman–Crippen MR) is 87.1 cm³/mol. The number of ketones is 1. The van der Waals surface area contributed by atoms with E-state index in [0.717, 1.165) is 12.8 Å². The van der Waals surface area contributed by atoms with Crippen LogP contribution in [0.2, 0.25) is 0 Å². The van der Waals surface area contributed by atoms with Crippen LogP contribution in [0, 0.1) is 0 Å². The maximum absolute atomic E-state index is 12.1. The molecule has 1 aliphatic heterocycles. The van der Waals surface area contributed by atoms with E-state index in [0.29, 0.717) is 6.42 Å². The highest BCUT2D eigenvalue weighted by atomic mass is 16.2. The Kier molecular flexibility index (Phi) is 8.33. The Morgan fingerprint density at radius 3 is 2.00 bits per heavy atom. The van der Waals surface area contributed by atoms with Gasteiger partial charge in [-0.25, -0.2) is 0 Å². The first-order valence-electron chi connectivity index (χ1n) is 8.57. The molecule has 0 aromatic carbocycles. The molecular weight excluding hydrogens is 262 g/mol. The van der Waals surface area contributed by atoms with Gasteiger partial charge < -0.3 is 4.90 Å². The average molecular weight is 293 g/mol. The van der Waals surface area contributed by atoms with Gasteiger partial charge in [0.25, 0.3) is 0 Å². The first-order chi connectivity index (χ1) is 10.1. The molecule has 0 saturated carbocycles. The monoisotopic (exact) mass is 293 g/mol. The Balaban J connectivity index is 2.12. The van der Waals surface area contributed by atoms with E-state index in [2.05, 4.69) is 6.92 Å². The molecule has 1 aliphatic rings. The maximum Gasteiger partial charge on any atom is 0.230 e. The topological polar surface area (TPSA) is 37.4 Å². The van der Waals surface area contributed by atoms with Crippen molar-refractivity contribution in [2.75, 3.05) is 0 Å². The van der Waals surface area contributed by atoms with Gasteiger partial charge in [0.2, 0.25) is 5.91 Å². The van der Waals surface area contributed by atoms with Crippen LogP contribution in [-0.2, 0) is 9.59 Å². The molecule has 0 aromatic rings. The lowest BCUT2D eigenvalue weighted by Gasteiger charge is -2.26. The van der Waals surface area contributed by atoms with Crippen LogP contribution < -0.4 is 0 Å². The van der Waals surface area contributed by atoms with Crippen molar-refractivity contribution in [3.05, 3.63) is 12.2 Å². The molecule has 0 radical (unpaired) electrons. The van der Waals surface area contributed by atoms with E-state index >= 15 is 0 Å². The molecule has 1 heterocycles.